The average molecular weight is 383 g/mol. The van der Waals surface area contributed by atoms with E-state index in [0.29, 0.717) is 27.2 Å². The minimum absolute atomic E-state index is 0.00788. The van der Waals surface area contributed by atoms with E-state index in [0.717, 1.165) is 6.07 Å². The van der Waals surface area contributed by atoms with Gasteiger partial charge in [0.05, 0.1) is 23.8 Å². The lowest BCUT2D eigenvalue weighted by molar-refractivity contribution is -0.138. The maximum Gasteiger partial charge on any atom is 0.416 e. The molecule has 3 aromatic rings. The number of halogens is 4. The van der Waals surface area contributed by atoms with Crippen molar-refractivity contribution in [3.05, 3.63) is 63.8 Å². The molecule has 3 nitrogen and oxygen atoms in total. The van der Waals surface area contributed by atoms with Crippen LogP contribution >= 0.6 is 15.9 Å². The Morgan fingerprint density at radius 1 is 1.17 bits per heavy atom. The summed E-state index contributed by atoms with van der Waals surface area (Å²) in [7, 11) is 0. The number of aldehydes is 1. The molecule has 0 unspecified atom stereocenters. The van der Waals surface area contributed by atoms with Crippen molar-refractivity contribution >= 4 is 33.1 Å². The lowest BCUT2D eigenvalue weighted by Crippen LogP contribution is -2.12. The molecule has 0 saturated heterocycles. The van der Waals surface area contributed by atoms with Gasteiger partial charge in [-0.15, -0.1) is 0 Å². The largest absolute Gasteiger partial charge is 0.416 e. The molecular weight excluding hydrogens is 373 g/mol. The molecule has 0 N–H and O–H groups in total. The molecule has 0 radical (unpaired) electrons. The van der Waals surface area contributed by atoms with Gasteiger partial charge >= 0.3 is 6.18 Å². The Kier molecular flexibility index (Phi) is 3.97. The molecule has 0 aliphatic heterocycles. The second-order valence-electron chi connectivity index (χ2n) is 5.04. The monoisotopic (exact) mass is 382 g/mol. The predicted octanol–water partition coefficient (Wildman–Crippen LogP) is 4.68. The zero-order valence-corrected chi connectivity index (χ0v) is 13.2. The molecule has 7 heteroatoms. The number of nitrogens with zero attached hydrogens (tertiary/aromatic N) is 2. The van der Waals surface area contributed by atoms with Crippen LogP contribution in [0.25, 0.3) is 10.9 Å². The zero-order chi connectivity index (χ0) is 16.6. The van der Waals surface area contributed by atoms with E-state index in [1.54, 1.807) is 24.3 Å². The van der Waals surface area contributed by atoms with E-state index < -0.39 is 11.7 Å². The van der Waals surface area contributed by atoms with Crippen LogP contribution in [0.4, 0.5) is 13.2 Å². The van der Waals surface area contributed by atoms with E-state index in [4.69, 9.17) is 0 Å². The zero-order valence-electron chi connectivity index (χ0n) is 11.6. The summed E-state index contributed by atoms with van der Waals surface area (Å²) >= 11 is 3.07. The molecule has 0 bridgehead atoms. The minimum Gasteiger partial charge on any atom is -0.298 e. The summed E-state index contributed by atoms with van der Waals surface area (Å²) in [6, 6.07) is 9.00. The van der Waals surface area contributed by atoms with Crippen LogP contribution < -0.4 is 0 Å². The highest BCUT2D eigenvalue weighted by molar-refractivity contribution is 9.10. The molecular formula is C16H10BrF3N2O. The summed E-state index contributed by atoms with van der Waals surface area (Å²) in [5.74, 6) is 0. The van der Waals surface area contributed by atoms with Crippen molar-refractivity contribution in [3.63, 3.8) is 0 Å². The molecule has 23 heavy (non-hydrogen) atoms. The Balaban J connectivity index is 2.04. The van der Waals surface area contributed by atoms with Crippen molar-refractivity contribution in [1.82, 2.24) is 9.78 Å². The molecule has 0 amide bonds. The Morgan fingerprint density at radius 2 is 1.96 bits per heavy atom. The van der Waals surface area contributed by atoms with Crippen molar-refractivity contribution in [3.8, 4) is 0 Å². The third-order valence-corrected chi connectivity index (χ3v) is 3.99. The molecule has 118 valence electrons. The van der Waals surface area contributed by atoms with Gasteiger partial charge in [0.15, 0.2) is 0 Å². The summed E-state index contributed by atoms with van der Waals surface area (Å²) in [5.41, 5.74) is 0.605. The quantitative estimate of drug-likeness (QED) is 0.616. The maximum absolute atomic E-state index is 13.2. The standard InChI is InChI=1S/C16H10BrF3N2O/c17-13-3-2-11(14(6-13)16(18,19)20)8-22-15-4-1-10(9-23)5-12(15)7-21-22/h1-7,9H,8H2. The van der Waals surface area contributed by atoms with Crippen molar-refractivity contribution in [2.24, 2.45) is 0 Å². The van der Waals surface area contributed by atoms with Gasteiger partial charge in [-0.2, -0.15) is 18.3 Å². The molecule has 1 heterocycles. The van der Waals surface area contributed by atoms with Crippen LogP contribution in [0, 0.1) is 0 Å². The van der Waals surface area contributed by atoms with Gasteiger partial charge in [-0.05, 0) is 35.9 Å². The fourth-order valence-electron chi connectivity index (χ4n) is 2.42. The van der Waals surface area contributed by atoms with Crippen LogP contribution in [0.3, 0.4) is 0 Å². The van der Waals surface area contributed by atoms with E-state index in [-0.39, 0.29) is 12.1 Å². The molecule has 0 spiro atoms. The molecule has 1 aromatic heterocycles. The van der Waals surface area contributed by atoms with Crippen molar-refractivity contribution in [2.75, 3.05) is 0 Å². The summed E-state index contributed by atoms with van der Waals surface area (Å²) in [5, 5.41) is 4.84. The van der Waals surface area contributed by atoms with Crippen LogP contribution in [-0.2, 0) is 12.7 Å². The van der Waals surface area contributed by atoms with E-state index in [1.165, 1.54) is 16.9 Å². The lowest BCUT2D eigenvalue weighted by Gasteiger charge is -2.14. The van der Waals surface area contributed by atoms with E-state index in [2.05, 4.69) is 21.0 Å². The summed E-state index contributed by atoms with van der Waals surface area (Å²) in [4.78, 5) is 10.8. The van der Waals surface area contributed by atoms with Gasteiger partial charge in [0.2, 0.25) is 0 Å². The smallest absolute Gasteiger partial charge is 0.298 e. The van der Waals surface area contributed by atoms with E-state index in [9.17, 15) is 18.0 Å². The number of fused-ring (bicyclic) bond motifs is 1. The maximum atomic E-state index is 13.2. The third-order valence-electron chi connectivity index (χ3n) is 3.50. The molecule has 2 aromatic carbocycles. The third kappa shape index (κ3) is 3.14. The molecule has 0 atom stereocenters. The van der Waals surface area contributed by atoms with Crippen LogP contribution in [0.5, 0.6) is 0 Å². The summed E-state index contributed by atoms with van der Waals surface area (Å²) in [6.07, 6.45) is -2.19. The van der Waals surface area contributed by atoms with Gasteiger partial charge in [-0.25, -0.2) is 0 Å². The van der Waals surface area contributed by atoms with E-state index >= 15 is 0 Å². The van der Waals surface area contributed by atoms with E-state index in [1.807, 2.05) is 0 Å². The highest BCUT2D eigenvalue weighted by atomic mass is 79.9. The Labute approximate surface area is 137 Å². The first-order valence-corrected chi connectivity index (χ1v) is 7.44. The average Bonchev–Trinajstić information content (AvgIpc) is 2.90. The van der Waals surface area contributed by atoms with Crippen molar-refractivity contribution in [1.29, 1.82) is 0 Å². The second-order valence-corrected chi connectivity index (χ2v) is 5.95. The number of carbonyl (C=O) groups excluding carboxylic acids is 1. The molecule has 0 aliphatic rings. The number of rotatable bonds is 3. The summed E-state index contributed by atoms with van der Waals surface area (Å²) in [6.45, 7) is -0.00788. The normalized spacial score (nSPS) is 11.8. The summed E-state index contributed by atoms with van der Waals surface area (Å²) < 4.78 is 41.4. The van der Waals surface area contributed by atoms with Gasteiger partial charge in [-0.1, -0.05) is 22.0 Å². The van der Waals surface area contributed by atoms with Gasteiger partial charge in [0.25, 0.3) is 0 Å². The second kappa shape index (κ2) is 5.81. The molecule has 3 rings (SSSR count). The Bertz CT molecular complexity index is 887. The number of alkyl halides is 3. The first kappa shape index (κ1) is 15.7. The number of aromatic nitrogens is 2. The van der Waals surface area contributed by atoms with Crippen LogP contribution in [0.2, 0.25) is 0 Å². The van der Waals surface area contributed by atoms with Crippen LogP contribution in [0.1, 0.15) is 21.5 Å². The predicted molar refractivity (Wildman–Crippen MR) is 83.4 cm³/mol. The fourth-order valence-corrected chi connectivity index (χ4v) is 2.78. The fraction of sp³-hybridized carbons (Fsp3) is 0.125. The number of hydrogen-bond acceptors (Lipinski definition) is 2. The number of benzene rings is 2. The number of carbonyl (C=O) groups is 1. The van der Waals surface area contributed by atoms with Gasteiger partial charge in [0, 0.05) is 15.4 Å². The Hall–Kier alpha value is -2.15. The van der Waals surface area contributed by atoms with Crippen LogP contribution in [-0.4, -0.2) is 16.1 Å². The first-order chi connectivity index (χ1) is 10.9. The first-order valence-electron chi connectivity index (χ1n) is 6.65. The van der Waals surface area contributed by atoms with Gasteiger partial charge in [-0.3, -0.25) is 9.48 Å². The van der Waals surface area contributed by atoms with Gasteiger partial charge < -0.3 is 0 Å². The topological polar surface area (TPSA) is 34.9 Å². The van der Waals surface area contributed by atoms with Crippen molar-refractivity contribution < 1.29 is 18.0 Å². The SMILES string of the molecule is O=Cc1ccc2c(cnn2Cc2ccc(Br)cc2C(F)(F)F)c1. The van der Waals surface area contributed by atoms with Crippen molar-refractivity contribution in [2.45, 2.75) is 12.7 Å². The molecule has 0 saturated carbocycles. The highest BCUT2D eigenvalue weighted by Crippen LogP contribution is 2.34. The highest BCUT2D eigenvalue weighted by Gasteiger charge is 2.33. The van der Waals surface area contributed by atoms with Crippen LogP contribution in [0.15, 0.2) is 47.1 Å². The minimum atomic E-state index is -4.44. The Morgan fingerprint density at radius 3 is 2.65 bits per heavy atom. The number of hydrogen-bond donors (Lipinski definition) is 0. The van der Waals surface area contributed by atoms with Gasteiger partial charge in [0.1, 0.15) is 6.29 Å². The molecule has 0 aliphatic carbocycles. The lowest BCUT2D eigenvalue weighted by atomic mass is 10.1. The molecule has 0 fully saturated rings.